The number of nitrogens with zero attached hydrogens (tertiary/aromatic N) is 3. The molecule has 0 atom stereocenters. The molecule has 0 fully saturated rings. The Morgan fingerprint density at radius 2 is 2.29 bits per heavy atom. The van der Waals surface area contributed by atoms with Crippen LogP contribution in [0.5, 0.6) is 0 Å². The average Bonchev–Trinajstić information content (AvgIpc) is 3.23. The number of hydrogen-bond donors (Lipinski definition) is 1. The number of aromatic nitrogens is 3. The van der Waals surface area contributed by atoms with Gasteiger partial charge in [-0.05, 0) is 38.3 Å². The second kappa shape index (κ2) is 7.09. The molecule has 0 radical (unpaired) electrons. The number of rotatable bonds is 6. The summed E-state index contributed by atoms with van der Waals surface area (Å²) >= 11 is 1.69. The average molecular weight is 344 g/mol. The van der Waals surface area contributed by atoms with Gasteiger partial charge in [0.15, 0.2) is 11.4 Å². The van der Waals surface area contributed by atoms with Crippen molar-refractivity contribution in [3.8, 4) is 11.5 Å². The lowest BCUT2D eigenvalue weighted by Crippen LogP contribution is -2.26. The number of nitrogens with one attached hydrogen (secondary N) is 1. The van der Waals surface area contributed by atoms with Gasteiger partial charge in [-0.1, -0.05) is 0 Å². The first-order valence-electron chi connectivity index (χ1n) is 7.81. The lowest BCUT2D eigenvalue weighted by Gasteiger charge is -2.10. The summed E-state index contributed by atoms with van der Waals surface area (Å²) in [5, 5.41) is 8.09. The Bertz CT molecular complexity index is 840. The van der Waals surface area contributed by atoms with E-state index in [1.54, 1.807) is 36.4 Å². The Morgan fingerprint density at radius 1 is 1.46 bits per heavy atom. The Hall–Kier alpha value is -2.28. The van der Waals surface area contributed by atoms with Gasteiger partial charge in [-0.15, -0.1) is 0 Å². The number of hydrogen-bond acceptors (Lipinski definition) is 5. The molecule has 0 aliphatic carbocycles. The molecule has 3 heterocycles. The monoisotopic (exact) mass is 344 g/mol. The first-order chi connectivity index (χ1) is 11.6. The molecule has 126 valence electrons. The Labute approximate surface area is 144 Å². The first-order valence-corrected chi connectivity index (χ1v) is 9.20. The zero-order valence-corrected chi connectivity index (χ0v) is 14.8. The first kappa shape index (κ1) is 16.6. The molecule has 7 heteroatoms. The fourth-order valence-corrected chi connectivity index (χ4v) is 2.80. The predicted molar refractivity (Wildman–Crippen MR) is 96.3 cm³/mol. The molecular formula is C17H20N4O2S. The Kier molecular flexibility index (Phi) is 4.89. The minimum Gasteiger partial charge on any atom is -0.463 e. The van der Waals surface area contributed by atoms with Gasteiger partial charge < -0.3 is 9.73 Å². The molecule has 0 aliphatic rings. The molecular weight excluding hydrogens is 324 g/mol. The van der Waals surface area contributed by atoms with E-state index in [1.165, 1.54) is 0 Å². The van der Waals surface area contributed by atoms with E-state index in [0.717, 1.165) is 11.1 Å². The molecule has 0 aliphatic heterocycles. The van der Waals surface area contributed by atoms with Crippen LogP contribution in [0.3, 0.4) is 0 Å². The van der Waals surface area contributed by atoms with Crippen LogP contribution in [0, 0.1) is 0 Å². The third-order valence-electron chi connectivity index (χ3n) is 3.67. The maximum absolute atomic E-state index is 12.6. The molecule has 24 heavy (non-hydrogen) atoms. The van der Waals surface area contributed by atoms with Gasteiger partial charge in [0.1, 0.15) is 5.69 Å². The minimum absolute atomic E-state index is 0.118. The van der Waals surface area contributed by atoms with Gasteiger partial charge in [0.2, 0.25) is 0 Å². The van der Waals surface area contributed by atoms with E-state index in [4.69, 9.17) is 4.42 Å². The second-order valence-corrected chi connectivity index (χ2v) is 6.69. The summed E-state index contributed by atoms with van der Waals surface area (Å²) in [6.45, 7) is 4.69. The molecule has 3 rings (SSSR count). The van der Waals surface area contributed by atoms with Crippen molar-refractivity contribution in [2.45, 2.75) is 19.9 Å². The van der Waals surface area contributed by atoms with Crippen LogP contribution in [0.1, 0.15) is 30.2 Å². The molecule has 3 aromatic rings. The van der Waals surface area contributed by atoms with E-state index in [-0.39, 0.29) is 11.9 Å². The summed E-state index contributed by atoms with van der Waals surface area (Å²) < 4.78 is 7.27. The van der Waals surface area contributed by atoms with Crippen molar-refractivity contribution >= 4 is 28.7 Å². The molecule has 0 saturated carbocycles. The van der Waals surface area contributed by atoms with E-state index in [1.807, 2.05) is 30.9 Å². The highest BCUT2D eigenvalue weighted by Crippen LogP contribution is 2.26. The molecule has 0 spiro atoms. The van der Waals surface area contributed by atoms with Crippen LogP contribution in [-0.4, -0.2) is 39.2 Å². The van der Waals surface area contributed by atoms with Crippen LogP contribution in [0.25, 0.3) is 22.5 Å². The van der Waals surface area contributed by atoms with Crippen molar-refractivity contribution < 1.29 is 9.21 Å². The summed E-state index contributed by atoms with van der Waals surface area (Å²) in [5.74, 6) is 1.38. The van der Waals surface area contributed by atoms with E-state index in [0.29, 0.717) is 29.2 Å². The molecule has 0 unspecified atom stereocenters. The SMILES string of the molecule is CSCCNC(=O)c1cc(-c2ccco2)nc2c1cnn2C(C)C. The number of fused-ring (bicyclic) bond motifs is 1. The van der Waals surface area contributed by atoms with Crippen molar-refractivity contribution in [2.24, 2.45) is 0 Å². The van der Waals surface area contributed by atoms with Crippen LogP contribution >= 0.6 is 11.8 Å². The van der Waals surface area contributed by atoms with Gasteiger partial charge in [0.25, 0.3) is 5.91 Å². The van der Waals surface area contributed by atoms with Crippen LogP contribution < -0.4 is 5.32 Å². The third-order valence-corrected chi connectivity index (χ3v) is 4.28. The highest BCUT2D eigenvalue weighted by Gasteiger charge is 2.19. The van der Waals surface area contributed by atoms with Gasteiger partial charge in [-0.3, -0.25) is 4.79 Å². The van der Waals surface area contributed by atoms with Gasteiger partial charge >= 0.3 is 0 Å². The van der Waals surface area contributed by atoms with Crippen molar-refractivity contribution in [3.63, 3.8) is 0 Å². The number of thioether (sulfide) groups is 1. The van der Waals surface area contributed by atoms with Crippen molar-refractivity contribution in [2.75, 3.05) is 18.6 Å². The maximum atomic E-state index is 12.6. The van der Waals surface area contributed by atoms with Gasteiger partial charge in [0.05, 0.1) is 23.4 Å². The van der Waals surface area contributed by atoms with E-state index in [2.05, 4.69) is 15.4 Å². The lowest BCUT2D eigenvalue weighted by molar-refractivity contribution is 0.0958. The zero-order valence-electron chi connectivity index (χ0n) is 13.9. The maximum Gasteiger partial charge on any atom is 0.252 e. The fourth-order valence-electron chi connectivity index (χ4n) is 2.50. The number of pyridine rings is 1. The quantitative estimate of drug-likeness (QED) is 0.694. The van der Waals surface area contributed by atoms with Crippen LogP contribution in [-0.2, 0) is 0 Å². The number of carbonyl (C=O) groups excluding carboxylic acids is 1. The highest BCUT2D eigenvalue weighted by atomic mass is 32.2. The number of carbonyl (C=O) groups is 1. The molecule has 1 N–H and O–H groups in total. The number of amides is 1. The predicted octanol–water partition coefficient (Wildman–Crippen LogP) is 3.37. The second-order valence-electron chi connectivity index (χ2n) is 5.70. The summed E-state index contributed by atoms with van der Waals surface area (Å²) in [5.41, 5.74) is 1.89. The largest absolute Gasteiger partial charge is 0.463 e. The molecule has 0 saturated heterocycles. The zero-order chi connectivity index (χ0) is 17.1. The normalized spacial score (nSPS) is 11.3. The highest BCUT2D eigenvalue weighted by molar-refractivity contribution is 7.98. The number of furan rings is 1. The van der Waals surface area contributed by atoms with Gasteiger partial charge in [-0.2, -0.15) is 16.9 Å². The molecule has 1 amide bonds. The van der Waals surface area contributed by atoms with Gasteiger partial charge in [-0.25, -0.2) is 9.67 Å². The molecule has 3 aromatic heterocycles. The van der Waals surface area contributed by atoms with Crippen LogP contribution in [0.4, 0.5) is 0 Å². The summed E-state index contributed by atoms with van der Waals surface area (Å²) in [6, 6.07) is 5.55. The standard InChI is InChI=1S/C17H20N4O2S/c1-11(2)21-16-13(10-19-21)12(17(22)18-6-8-24-3)9-14(20-16)15-5-4-7-23-15/h4-5,7,9-11H,6,8H2,1-3H3,(H,18,22). The van der Waals surface area contributed by atoms with E-state index < -0.39 is 0 Å². The summed E-state index contributed by atoms with van der Waals surface area (Å²) in [4.78, 5) is 17.3. The van der Waals surface area contributed by atoms with E-state index >= 15 is 0 Å². The van der Waals surface area contributed by atoms with Crippen molar-refractivity contribution in [1.29, 1.82) is 0 Å². The minimum atomic E-state index is -0.118. The Balaban J connectivity index is 2.10. The van der Waals surface area contributed by atoms with Crippen molar-refractivity contribution in [1.82, 2.24) is 20.1 Å². The van der Waals surface area contributed by atoms with E-state index in [9.17, 15) is 4.79 Å². The summed E-state index contributed by atoms with van der Waals surface area (Å²) in [6.07, 6.45) is 5.31. The smallest absolute Gasteiger partial charge is 0.252 e. The fraction of sp³-hybridized carbons (Fsp3) is 0.353. The third kappa shape index (κ3) is 3.17. The molecule has 6 nitrogen and oxygen atoms in total. The van der Waals surface area contributed by atoms with Crippen LogP contribution in [0.2, 0.25) is 0 Å². The molecule has 0 aromatic carbocycles. The summed E-state index contributed by atoms with van der Waals surface area (Å²) in [7, 11) is 0. The Morgan fingerprint density at radius 3 is 2.96 bits per heavy atom. The lowest BCUT2D eigenvalue weighted by atomic mass is 10.1. The van der Waals surface area contributed by atoms with Crippen molar-refractivity contribution in [3.05, 3.63) is 36.2 Å². The molecule has 0 bridgehead atoms. The van der Waals surface area contributed by atoms with Gasteiger partial charge in [0, 0.05) is 18.3 Å². The topological polar surface area (TPSA) is 73.0 Å². The van der Waals surface area contributed by atoms with Crippen LogP contribution in [0.15, 0.2) is 35.1 Å².